The monoisotopic (exact) mass is 1240 g/mol. The number of amides is 1. The Morgan fingerprint density at radius 1 is 0.402 bits per heavy atom. The molecule has 0 aromatic carbocycles. The molecule has 3 N–H and O–H groups in total. The van der Waals surface area contributed by atoms with Crippen molar-refractivity contribution >= 4 is 13.7 Å². The van der Waals surface area contributed by atoms with E-state index < -0.39 is 20.0 Å². The van der Waals surface area contributed by atoms with E-state index in [-0.39, 0.29) is 19.1 Å². The van der Waals surface area contributed by atoms with Gasteiger partial charge in [-0.3, -0.25) is 13.8 Å². The highest BCUT2D eigenvalue weighted by molar-refractivity contribution is 7.47. The lowest BCUT2D eigenvalue weighted by atomic mass is 10.0. The number of unbranched alkanes of at least 4 members (excludes halogenated alkanes) is 39. The molecule has 87 heavy (non-hydrogen) atoms. The molecule has 0 fully saturated rings. The first kappa shape index (κ1) is 84.4. The first-order valence-electron chi connectivity index (χ1n) is 37.1. The van der Waals surface area contributed by atoms with Crippen LogP contribution in [-0.2, 0) is 18.4 Å². The van der Waals surface area contributed by atoms with Crippen molar-refractivity contribution in [3.05, 3.63) is 97.2 Å². The van der Waals surface area contributed by atoms with Gasteiger partial charge in [-0.05, 0) is 77.0 Å². The van der Waals surface area contributed by atoms with Crippen molar-refractivity contribution < 1.29 is 32.9 Å². The molecule has 0 saturated carbocycles. The number of nitrogens with zero attached hydrogens (tertiary/aromatic N) is 1. The first-order chi connectivity index (χ1) is 42.5. The molecular formula is C78H144N2O6P+. The van der Waals surface area contributed by atoms with Crippen molar-refractivity contribution in [1.82, 2.24) is 5.32 Å². The van der Waals surface area contributed by atoms with Crippen LogP contribution in [0.25, 0.3) is 0 Å². The fourth-order valence-electron chi connectivity index (χ4n) is 10.9. The number of phosphoric acid groups is 1. The number of allylic oxidation sites excluding steroid dienone is 16. The van der Waals surface area contributed by atoms with E-state index in [1.807, 2.05) is 21.1 Å². The normalized spacial score (nSPS) is 14.1. The molecular weight excluding hydrogens is 1090 g/mol. The van der Waals surface area contributed by atoms with Crippen molar-refractivity contribution in [3.63, 3.8) is 0 Å². The van der Waals surface area contributed by atoms with Gasteiger partial charge in [0.2, 0.25) is 5.91 Å². The second kappa shape index (κ2) is 67.8. The van der Waals surface area contributed by atoms with E-state index in [2.05, 4.69) is 116 Å². The molecule has 506 valence electrons. The fraction of sp³-hybridized carbons (Fsp3) is 0.782. The zero-order valence-electron chi connectivity index (χ0n) is 58.0. The van der Waals surface area contributed by atoms with Crippen LogP contribution in [0.3, 0.4) is 0 Å². The smallest absolute Gasteiger partial charge is 0.391 e. The van der Waals surface area contributed by atoms with E-state index in [9.17, 15) is 19.4 Å². The molecule has 0 aliphatic heterocycles. The molecule has 1 amide bonds. The van der Waals surface area contributed by atoms with Crippen LogP contribution in [0, 0.1) is 0 Å². The SMILES string of the molecule is CC/C=C\C/C=C\C/C=C\C/C=C\C/C=C\C/C=C\C/C=C\C/C=C\CCCCCCCCCCCCCCCCC(=O)NC(COP(=O)(O)OCC[N+](C)(C)C)C(O)CCCCCCCCCCCCCCCCCCCCCCCCCCCC. The van der Waals surface area contributed by atoms with Gasteiger partial charge in [-0.1, -0.05) is 355 Å². The van der Waals surface area contributed by atoms with Gasteiger partial charge in [0.25, 0.3) is 0 Å². The van der Waals surface area contributed by atoms with Gasteiger partial charge < -0.3 is 19.8 Å². The third-order valence-corrected chi connectivity index (χ3v) is 17.6. The molecule has 0 aliphatic rings. The second-order valence-electron chi connectivity index (χ2n) is 26.3. The number of hydrogen-bond donors (Lipinski definition) is 3. The summed E-state index contributed by atoms with van der Waals surface area (Å²) in [7, 11) is 1.62. The number of carbonyl (C=O) groups excluding carboxylic acids is 1. The van der Waals surface area contributed by atoms with Gasteiger partial charge in [0.05, 0.1) is 39.9 Å². The van der Waals surface area contributed by atoms with Crippen LogP contribution >= 0.6 is 7.82 Å². The summed E-state index contributed by atoms with van der Waals surface area (Å²) in [5, 5.41) is 14.2. The number of carbonyl (C=O) groups is 1. The summed E-state index contributed by atoms with van der Waals surface area (Å²) in [6.45, 7) is 4.81. The summed E-state index contributed by atoms with van der Waals surface area (Å²) in [6, 6.07) is -0.767. The van der Waals surface area contributed by atoms with Crippen LogP contribution in [-0.4, -0.2) is 73.4 Å². The molecule has 3 unspecified atom stereocenters. The van der Waals surface area contributed by atoms with Crippen molar-refractivity contribution in [2.24, 2.45) is 0 Å². The van der Waals surface area contributed by atoms with Gasteiger partial charge in [0, 0.05) is 6.42 Å². The van der Waals surface area contributed by atoms with Crippen molar-refractivity contribution in [3.8, 4) is 0 Å². The molecule has 9 heteroatoms. The van der Waals surface area contributed by atoms with Gasteiger partial charge in [0.15, 0.2) is 0 Å². The molecule has 8 nitrogen and oxygen atoms in total. The van der Waals surface area contributed by atoms with Gasteiger partial charge in [-0.2, -0.15) is 0 Å². The number of likely N-dealkylation sites (N-methyl/N-ethyl adjacent to an activating group) is 1. The number of nitrogens with one attached hydrogen (secondary N) is 1. The Morgan fingerprint density at radius 2 is 0.690 bits per heavy atom. The Hall–Kier alpha value is -2.58. The third-order valence-electron chi connectivity index (χ3n) is 16.6. The van der Waals surface area contributed by atoms with Crippen molar-refractivity contribution in [1.29, 1.82) is 0 Å². The zero-order chi connectivity index (χ0) is 63.4. The minimum absolute atomic E-state index is 0.0727. The molecule has 0 spiro atoms. The van der Waals surface area contributed by atoms with E-state index in [1.54, 1.807) is 0 Å². The van der Waals surface area contributed by atoms with Crippen LogP contribution < -0.4 is 5.32 Å². The summed E-state index contributed by atoms with van der Waals surface area (Å²) < 4.78 is 23.9. The van der Waals surface area contributed by atoms with Crippen molar-refractivity contribution in [2.45, 2.75) is 353 Å². The molecule has 3 atom stereocenters. The van der Waals surface area contributed by atoms with E-state index in [0.29, 0.717) is 23.9 Å². The number of phosphoric ester groups is 1. The Bertz CT molecular complexity index is 1740. The Kier molecular flexibility index (Phi) is 65.8. The number of hydrogen-bond acceptors (Lipinski definition) is 5. The van der Waals surface area contributed by atoms with Crippen LogP contribution in [0.15, 0.2) is 97.2 Å². The number of aliphatic hydroxyl groups excluding tert-OH is 1. The average molecular weight is 1240 g/mol. The summed E-state index contributed by atoms with van der Waals surface area (Å²) in [4.78, 5) is 23.5. The van der Waals surface area contributed by atoms with E-state index in [1.165, 1.54) is 225 Å². The molecule has 0 bridgehead atoms. The Balaban J connectivity index is 4.02. The van der Waals surface area contributed by atoms with Crippen LogP contribution in [0.2, 0.25) is 0 Å². The zero-order valence-corrected chi connectivity index (χ0v) is 58.9. The molecule has 0 aliphatic carbocycles. The predicted octanol–water partition coefficient (Wildman–Crippen LogP) is 24.1. The maximum absolute atomic E-state index is 13.1. The maximum atomic E-state index is 13.1. The number of rotatable bonds is 68. The first-order valence-corrected chi connectivity index (χ1v) is 38.6. The highest BCUT2D eigenvalue weighted by Gasteiger charge is 2.28. The summed E-state index contributed by atoms with van der Waals surface area (Å²) >= 11 is 0. The van der Waals surface area contributed by atoms with E-state index in [4.69, 9.17) is 9.05 Å². The average Bonchev–Trinajstić information content (AvgIpc) is 3.69. The predicted molar refractivity (Wildman–Crippen MR) is 383 cm³/mol. The molecule has 0 heterocycles. The lowest BCUT2D eigenvalue weighted by molar-refractivity contribution is -0.870. The summed E-state index contributed by atoms with van der Waals surface area (Å²) in [5.74, 6) is -0.143. The molecule has 0 aromatic rings. The van der Waals surface area contributed by atoms with E-state index >= 15 is 0 Å². The highest BCUT2D eigenvalue weighted by Crippen LogP contribution is 2.43. The Labute approximate surface area is 540 Å². The van der Waals surface area contributed by atoms with Gasteiger partial charge in [-0.25, -0.2) is 4.57 Å². The third kappa shape index (κ3) is 70.7. The minimum atomic E-state index is -4.34. The van der Waals surface area contributed by atoms with Gasteiger partial charge >= 0.3 is 7.82 Å². The minimum Gasteiger partial charge on any atom is -0.391 e. The maximum Gasteiger partial charge on any atom is 0.472 e. The van der Waals surface area contributed by atoms with Crippen LogP contribution in [0.4, 0.5) is 0 Å². The van der Waals surface area contributed by atoms with Crippen LogP contribution in [0.1, 0.15) is 341 Å². The topological polar surface area (TPSA) is 105 Å². The van der Waals surface area contributed by atoms with Crippen molar-refractivity contribution in [2.75, 3.05) is 40.9 Å². The quantitative estimate of drug-likeness (QED) is 0.0243. The van der Waals surface area contributed by atoms with E-state index in [0.717, 1.165) is 89.9 Å². The van der Waals surface area contributed by atoms with Crippen LogP contribution in [0.5, 0.6) is 0 Å². The lowest BCUT2D eigenvalue weighted by Crippen LogP contribution is -2.46. The highest BCUT2D eigenvalue weighted by atomic mass is 31.2. The number of quaternary nitrogens is 1. The largest absolute Gasteiger partial charge is 0.472 e. The fourth-order valence-corrected chi connectivity index (χ4v) is 11.6. The molecule has 0 rings (SSSR count). The molecule has 0 aromatic heterocycles. The van der Waals surface area contributed by atoms with Gasteiger partial charge in [-0.15, -0.1) is 0 Å². The summed E-state index contributed by atoms with van der Waals surface area (Å²) in [5.41, 5.74) is 0. The Morgan fingerprint density at radius 3 is 1.01 bits per heavy atom. The standard InChI is InChI=1S/C78H143N2O6P/c1-6-8-10-12-14-16-18-20-22-24-26-28-30-32-34-35-36-37-38-39-40-41-42-43-44-45-46-48-50-52-54-56-58-60-62-64-66-68-70-72-78(82)79-76(75-86-87(83,84)85-74-73-80(3,4)5)77(81)71-69-67-65-63-61-59-57-55-53-51-49-47-33-31-29-27-25-23-21-19-17-15-13-11-9-7-2/h8,10,14,16,20,22,26,28,32,34,36-37,39-40,42-43,76-77,81H,6-7,9,11-13,15,17-19,21,23-25,27,29-31,33,35,38,41,44-75H2,1-5H3,(H-,79,82,83,84)/p+1/b10-8-,16-14-,22-20-,28-26-,34-32-,37-36-,40-39-,43-42-. The van der Waals surface area contributed by atoms with Gasteiger partial charge in [0.1, 0.15) is 13.2 Å². The number of aliphatic hydroxyl groups is 1. The summed E-state index contributed by atoms with van der Waals surface area (Å²) in [6.07, 6.45) is 98.0. The molecule has 0 saturated heterocycles. The molecule has 0 radical (unpaired) electrons. The second-order valence-corrected chi connectivity index (χ2v) is 27.8. The lowest BCUT2D eigenvalue weighted by Gasteiger charge is -2.26.